The summed E-state index contributed by atoms with van der Waals surface area (Å²) in [6.45, 7) is 9.55. The van der Waals surface area contributed by atoms with Crippen LogP contribution in [0.5, 0.6) is 0 Å². The number of halogens is 2. The molecule has 0 radical (unpaired) electrons. The average Bonchev–Trinajstić information content (AvgIpc) is 3.04. The Morgan fingerprint density at radius 1 is 1.32 bits per heavy atom. The van der Waals surface area contributed by atoms with Crippen LogP contribution in [0.2, 0.25) is 5.02 Å². The summed E-state index contributed by atoms with van der Waals surface area (Å²) < 4.78 is 5.26. The van der Waals surface area contributed by atoms with Gasteiger partial charge in [0.15, 0.2) is 5.96 Å². The largest absolute Gasteiger partial charge is 0.361 e. The average molecular weight is 560 g/mol. The van der Waals surface area contributed by atoms with Crippen LogP contribution < -0.4 is 10.6 Å². The first kappa shape index (κ1) is 25.9. The number of aryl methyl sites for hydroxylation is 2. The van der Waals surface area contributed by atoms with E-state index >= 15 is 0 Å². The number of hydrogen-bond donors (Lipinski definition) is 2. The van der Waals surface area contributed by atoms with Crippen molar-refractivity contribution in [1.29, 1.82) is 0 Å². The van der Waals surface area contributed by atoms with E-state index in [2.05, 4.69) is 46.8 Å². The number of rotatable bonds is 7. The van der Waals surface area contributed by atoms with E-state index < -0.39 is 0 Å². The fourth-order valence-electron chi connectivity index (χ4n) is 4.38. The minimum absolute atomic E-state index is 0. The first-order valence-electron chi connectivity index (χ1n) is 10.9. The zero-order valence-electron chi connectivity index (χ0n) is 18.9. The van der Waals surface area contributed by atoms with Gasteiger partial charge in [0.05, 0.1) is 5.69 Å². The van der Waals surface area contributed by atoms with Gasteiger partial charge in [0.25, 0.3) is 0 Å². The van der Waals surface area contributed by atoms with E-state index in [4.69, 9.17) is 21.1 Å². The molecule has 0 amide bonds. The first-order valence-corrected chi connectivity index (χ1v) is 11.3. The lowest BCUT2D eigenvalue weighted by molar-refractivity contribution is 0.125. The van der Waals surface area contributed by atoms with E-state index in [9.17, 15) is 0 Å². The maximum absolute atomic E-state index is 6.27. The number of aliphatic imine (C=N–C) groups is 1. The number of guanidine groups is 1. The summed E-state index contributed by atoms with van der Waals surface area (Å²) in [5.41, 5.74) is 3.42. The molecule has 1 fully saturated rings. The molecule has 172 valence electrons. The Hall–Kier alpha value is -1.32. The van der Waals surface area contributed by atoms with Gasteiger partial charge >= 0.3 is 0 Å². The number of aromatic nitrogens is 1. The molecule has 1 saturated heterocycles. The Labute approximate surface area is 208 Å². The van der Waals surface area contributed by atoms with E-state index in [0.29, 0.717) is 12.0 Å². The normalized spacial score (nSPS) is 19.7. The van der Waals surface area contributed by atoms with Crippen LogP contribution in [-0.2, 0) is 6.42 Å². The van der Waals surface area contributed by atoms with Gasteiger partial charge in [-0.3, -0.25) is 9.89 Å². The molecular formula is C23H35ClIN5O. The van der Waals surface area contributed by atoms with Crippen molar-refractivity contribution >= 4 is 41.5 Å². The van der Waals surface area contributed by atoms with E-state index in [0.717, 1.165) is 55.0 Å². The molecule has 1 aromatic heterocycles. The van der Waals surface area contributed by atoms with Crippen LogP contribution in [0.1, 0.15) is 48.4 Å². The molecule has 31 heavy (non-hydrogen) atoms. The van der Waals surface area contributed by atoms with Crippen LogP contribution in [0.4, 0.5) is 0 Å². The van der Waals surface area contributed by atoms with Gasteiger partial charge in [-0.05, 0) is 77.2 Å². The summed E-state index contributed by atoms with van der Waals surface area (Å²) in [5, 5.41) is 11.7. The van der Waals surface area contributed by atoms with Crippen molar-refractivity contribution in [3.05, 3.63) is 51.9 Å². The van der Waals surface area contributed by atoms with Crippen molar-refractivity contribution in [3.8, 4) is 0 Å². The second kappa shape index (κ2) is 12.6. The Balaban J connectivity index is 0.00000341. The minimum atomic E-state index is 0. The number of piperidine rings is 1. The third kappa shape index (κ3) is 7.08. The lowest BCUT2D eigenvalue weighted by atomic mass is 9.85. The summed E-state index contributed by atoms with van der Waals surface area (Å²) in [4.78, 5) is 7.37. The summed E-state index contributed by atoms with van der Waals surface area (Å²) in [6, 6.07) is 8.60. The molecule has 0 bridgehead atoms. The third-order valence-electron chi connectivity index (χ3n) is 5.87. The van der Waals surface area contributed by atoms with Gasteiger partial charge in [-0.1, -0.05) is 28.9 Å². The molecule has 8 heteroatoms. The highest BCUT2D eigenvalue weighted by Crippen LogP contribution is 2.36. The maximum atomic E-state index is 6.27. The molecule has 0 saturated carbocycles. The SMILES string of the molecule is CCNC(=NCC1CCCN(C)C1c1cccc(Cl)c1)NCCc1c(C)noc1C.I. The molecule has 2 heterocycles. The predicted octanol–water partition coefficient (Wildman–Crippen LogP) is 4.74. The molecule has 2 aromatic rings. The monoisotopic (exact) mass is 559 g/mol. The lowest BCUT2D eigenvalue weighted by Gasteiger charge is -2.39. The highest BCUT2D eigenvalue weighted by Gasteiger charge is 2.30. The van der Waals surface area contributed by atoms with Gasteiger partial charge < -0.3 is 15.2 Å². The van der Waals surface area contributed by atoms with Gasteiger partial charge in [0, 0.05) is 36.3 Å². The van der Waals surface area contributed by atoms with Crippen molar-refractivity contribution in [3.63, 3.8) is 0 Å². The van der Waals surface area contributed by atoms with E-state index in [1.165, 1.54) is 24.0 Å². The fourth-order valence-corrected chi connectivity index (χ4v) is 4.58. The van der Waals surface area contributed by atoms with Crippen LogP contribution >= 0.6 is 35.6 Å². The van der Waals surface area contributed by atoms with Crippen LogP contribution in [-0.4, -0.2) is 49.2 Å². The Bertz CT molecular complexity index is 837. The van der Waals surface area contributed by atoms with Crippen molar-refractivity contribution < 1.29 is 4.52 Å². The second-order valence-electron chi connectivity index (χ2n) is 8.08. The van der Waals surface area contributed by atoms with Crippen molar-refractivity contribution in [2.24, 2.45) is 10.9 Å². The fraction of sp³-hybridized carbons (Fsp3) is 0.565. The Morgan fingerprint density at radius 3 is 2.81 bits per heavy atom. The highest BCUT2D eigenvalue weighted by atomic mass is 127. The van der Waals surface area contributed by atoms with Crippen molar-refractivity contribution in [2.75, 3.05) is 33.2 Å². The number of likely N-dealkylation sites (tertiary alicyclic amines) is 1. The van der Waals surface area contributed by atoms with Gasteiger partial charge in [0.1, 0.15) is 5.76 Å². The molecular weight excluding hydrogens is 525 g/mol. The molecule has 2 N–H and O–H groups in total. The van der Waals surface area contributed by atoms with Gasteiger partial charge in [0.2, 0.25) is 0 Å². The quantitative estimate of drug-likeness (QED) is 0.291. The van der Waals surface area contributed by atoms with Crippen LogP contribution in [0.25, 0.3) is 0 Å². The smallest absolute Gasteiger partial charge is 0.191 e. The third-order valence-corrected chi connectivity index (χ3v) is 6.11. The molecule has 6 nitrogen and oxygen atoms in total. The summed E-state index contributed by atoms with van der Waals surface area (Å²) in [5.74, 6) is 2.22. The van der Waals surface area contributed by atoms with Crippen LogP contribution in [0.3, 0.4) is 0 Å². The van der Waals surface area contributed by atoms with Gasteiger partial charge in [-0.15, -0.1) is 24.0 Å². The number of nitrogens with one attached hydrogen (secondary N) is 2. The topological polar surface area (TPSA) is 65.7 Å². The molecule has 2 atom stereocenters. The zero-order chi connectivity index (χ0) is 21.5. The van der Waals surface area contributed by atoms with Gasteiger partial charge in [-0.25, -0.2) is 0 Å². The van der Waals surface area contributed by atoms with Crippen LogP contribution in [0.15, 0.2) is 33.8 Å². The van der Waals surface area contributed by atoms with Gasteiger partial charge in [-0.2, -0.15) is 0 Å². The molecule has 2 unspecified atom stereocenters. The van der Waals surface area contributed by atoms with E-state index in [1.54, 1.807) is 0 Å². The summed E-state index contributed by atoms with van der Waals surface area (Å²) in [6.07, 6.45) is 3.23. The number of hydrogen-bond acceptors (Lipinski definition) is 4. The Morgan fingerprint density at radius 2 is 2.13 bits per heavy atom. The highest BCUT2D eigenvalue weighted by molar-refractivity contribution is 14.0. The summed E-state index contributed by atoms with van der Waals surface area (Å²) >= 11 is 6.27. The lowest BCUT2D eigenvalue weighted by Crippen LogP contribution is -2.40. The summed E-state index contributed by atoms with van der Waals surface area (Å²) in [7, 11) is 2.20. The first-order chi connectivity index (χ1) is 14.5. The van der Waals surface area contributed by atoms with Crippen LogP contribution in [0, 0.1) is 19.8 Å². The number of benzene rings is 1. The predicted molar refractivity (Wildman–Crippen MR) is 139 cm³/mol. The molecule has 3 rings (SSSR count). The number of nitrogens with zero attached hydrogens (tertiary/aromatic N) is 3. The molecule has 1 aromatic carbocycles. The Kier molecular flexibility index (Phi) is 10.6. The molecule has 1 aliphatic rings. The molecule has 0 spiro atoms. The zero-order valence-corrected chi connectivity index (χ0v) is 22.0. The molecule has 1 aliphatic heterocycles. The van der Waals surface area contributed by atoms with E-state index in [-0.39, 0.29) is 24.0 Å². The molecule has 0 aliphatic carbocycles. The van der Waals surface area contributed by atoms with E-state index in [1.807, 2.05) is 26.0 Å². The van der Waals surface area contributed by atoms with Crippen molar-refractivity contribution in [2.45, 2.75) is 46.1 Å². The minimum Gasteiger partial charge on any atom is -0.361 e. The standard InChI is InChI=1S/C23H34ClN5O.HI/c1-5-25-23(26-12-11-21-16(2)28-30-17(21)3)27-15-19-9-7-13-29(4)22(19)18-8-6-10-20(24)14-18;/h6,8,10,14,19,22H,5,7,9,11-13,15H2,1-4H3,(H2,25,26,27);1H. The van der Waals surface area contributed by atoms with Crippen molar-refractivity contribution in [1.82, 2.24) is 20.7 Å². The maximum Gasteiger partial charge on any atom is 0.191 e. The second-order valence-corrected chi connectivity index (χ2v) is 8.52.